The van der Waals surface area contributed by atoms with Crippen LogP contribution in [0, 0.1) is 5.92 Å². The monoisotopic (exact) mass is 401 g/mol. The van der Waals surface area contributed by atoms with Crippen molar-refractivity contribution in [2.24, 2.45) is 5.92 Å². The van der Waals surface area contributed by atoms with Gasteiger partial charge in [0.25, 0.3) is 0 Å². The molecule has 0 saturated heterocycles. The summed E-state index contributed by atoms with van der Waals surface area (Å²) >= 11 is 0. The molecule has 158 valence electrons. The number of alkyl carbamates (subject to hydrolysis) is 1. The Kier molecular flexibility index (Phi) is 7.82. The van der Waals surface area contributed by atoms with E-state index < -0.39 is 11.7 Å². The Hall–Kier alpha value is -2.83. The molecule has 2 aromatic rings. The maximum absolute atomic E-state index is 12.2. The second-order valence-corrected chi connectivity index (χ2v) is 8.29. The van der Waals surface area contributed by atoms with Gasteiger partial charge in [0.1, 0.15) is 5.60 Å². The van der Waals surface area contributed by atoms with Gasteiger partial charge in [-0.2, -0.15) is 0 Å². The van der Waals surface area contributed by atoms with Gasteiger partial charge in [-0.05, 0) is 26.7 Å². The molecular formula is C22H31N3O4. The quantitative estimate of drug-likeness (QED) is 0.699. The number of carbonyl (C=O) groups excluding carboxylic acids is 2. The zero-order chi connectivity index (χ0) is 21.4. The van der Waals surface area contributed by atoms with E-state index in [4.69, 9.17) is 9.15 Å². The van der Waals surface area contributed by atoms with E-state index >= 15 is 0 Å². The average Bonchev–Trinajstić information content (AvgIpc) is 3.11. The normalized spacial score (nSPS) is 12.5. The van der Waals surface area contributed by atoms with Crippen molar-refractivity contribution in [1.29, 1.82) is 0 Å². The molecule has 1 atom stereocenters. The lowest BCUT2D eigenvalue weighted by molar-refractivity contribution is -0.121. The summed E-state index contributed by atoms with van der Waals surface area (Å²) in [6, 6.07) is 9.47. The number of oxazole rings is 1. The molecule has 1 unspecified atom stereocenters. The second kappa shape index (κ2) is 10.1. The number of aromatic nitrogens is 1. The lowest BCUT2D eigenvalue weighted by Gasteiger charge is -2.26. The van der Waals surface area contributed by atoms with Crippen LogP contribution in [0.2, 0.25) is 0 Å². The number of hydrogen-bond donors (Lipinski definition) is 2. The van der Waals surface area contributed by atoms with Crippen LogP contribution in [0.1, 0.15) is 46.9 Å². The van der Waals surface area contributed by atoms with E-state index in [2.05, 4.69) is 15.6 Å². The Bertz CT molecular complexity index is 794. The van der Waals surface area contributed by atoms with Gasteiger partial charge in [0.05, 0.1) is 12.2 Å². The summed E-state index contributed by atoms with van der Waals surface area (Å²) in [5, 5.41) is 5.68. The summed E-state index contributed by atoms with van der Waals surface area (Å²) in [6.45, 7) is 9.72. The molecule has 0 aliphatic heterocycles. The molecule has 0 spiro atoms. The van der Waals surface area contributed by atoms with Gasteiger partial charge in [-0.3, -0.25) is 4.79 Å². The molecule has 1 aromatic carbocycles. The van der Waals surface area contributed by atoms with Gasteiger partial charge in [-0.1, -0.05) is 44.2 Å². The number of hydrogen-bond acceptors (Lipinski definition) is 5. The first kappa shape index (κ1) is 22.5. The summed E-state index contributed by atoms with van der Waals surface area (Å²) in [6.07, 6.45) is 1.84. The number of nitrogens with zero attached hydrogens (tertiary/aromatic N) is 1. The van der Waals surface area contributed by atoms with Gasteiger partial charge in [0.15, 0.2) is 11.7 Å². The first-order valence-corrected chi connectivity index (χ1v) is 9.90. The minimum absolute atomic E-state index is 0.124. The van der Waals surface area contributed by atoms with Crippen LogP contribution in [0.15, 0.2) is 40.9 Å². The Morgan fingerprint density at radius 3 is 2.48 bits per heavy atom. The molecule has 0 radical (unpaired) electrons. The van der Waals surface area contributed by atoms with Gasteiger partial charge < -0.3 is 19.8 Å². The van der Waals surface area contributed by atoms with Crippen molar-refractivity contribution in [1.82, 2.24) is 15.6 Å². The van der Waals surface area contributed by atoms with Crippen molar-refractivity contribution < 1.29 is 18.7 Å². The standard InChI is InChI=1S/C22H31N3O4/c1-15(2)17(25-21(27)29-22(3,4)5)13-23-19(26)11-12-20-24-14-18(28-20)16-9-7-6-8-10-16/h6-10,14-15,17H,11-13H2,1-5H3,(H,23,26)(H,25,27). The molecule has 2 N–H and O–H groups in total. The fourth-order valence-corrected chi connectivity index (χ4v) is 2.61. The highest BCUT2D eigenvalue weighted by atomic mass is 16.6. The SMILES string of the molecule is CC(C)C(CNC(=O)CCc1ncc(-c2ccccc2)o1)NC(=O)OC(C)(C)C. The molecule has 2 amide bonds. The molecule has 0 fully saturated rings. The molecular weight excluding hydrogens is 370 g/mol. The average molecular weight is 402 g/mol. The largest absolute Gasteiger partial charge is 0.444 e. The lowest BCUT2D eigenvalue weighted by atomic mass is 10.0. The summed E-state index contributed by atoms with van der Waals surface area (Å²) in [5.74, 6) is 1.22. The number of amides is 2. The summed E-state index contributed by atoms with van der Waals surface area (Å²) < 4.78 is 11.0. The van der Waals surface area contributed by atoms with Crippen LogP contribution in [0.5, 0.6) is 0 Å². The van der Waals surface area contributed by atoms with Crippen LogP contribution >= 0.6 is 0 Å². The molecule has 0 aliphatic carbocycles. The van der Waals surface area contributed by atoms with E-state index in [1.807, 2.05) is 65.0 Å². The maximum Gasteiger partial charge on any atom is 0.407 e. The highest BCUT2D eigenvalue weighted by Gasteiger charge is 2.22. The Morgan fingerprint density at radius 1 is 1.17 bits per heavy atom. The van der Waals surface area contributed by atoms with E-state index in [0.29, 0.717) is 24.6 Å². The molecule has 1 heterocycles. The third-order valence-electron chi connectivity index (χ3n) is 4.20. The molecule has 1 aromatic heterocycles. The zero-order valence-corrected chi connectivity index (χ0v) is 17.8. The van der Waals surface area contributed by atoms with E-state index in [-0.39, 0.29) is 24.3 Å². The molecule has 0 bridgehead atoms. The highest BCUT2D eigenvalue weighted by molar-refractivity contribution is 5.76. The predicted molar refractivity (Wildman–Crippen MR) is 111 cm³/mol. The van der Waals surface area contributed by atoms with Crippen molar-refractivity contribution >= 4 is 12.0 Å². The molecule has 0 saturated carbocycles. The smallest absolute Gasteiger partial charge is 0.407 e. The molecule has 0 aliphatic rings. The fraction of sp³-hybridized carbons (Fsp3) is 0.500. The predicted octanol–water partition coefficient (Wildman–Crippen LogP) is 3.94. The number of rotatable bonds is 8. The zero-order valence-electron chi connectivity index (χ0n) is 17.8. The molecule has 7 nitrogen and oxygen atoms in total. The highest BCUT2D eigenvalue weighted by Crippen LogP contribution is 2.20. The van der Waals surface area contributed by atoms with Crippen molar-refractivity contribution in [3.8, 4) is 11.3 Å². The van der Waals surface area contributed by atoms with Gasteiger partial charge in [-0.15, -0.1) is 0 Å². The lowest BCUT2D eigenvalue weighted by Crippen LogP contribution is -2.48. The summed E-state index contributed by atoms with van der Waals surface area (Å²) in [5.41, 5.74) is 0.382. The van der Waals surface area contributed by atoms with Crippen LogP contribution in [0.3, 0.4) is 0 Å². The number of benzene rings is 1. The van der Waals surface area contributed by atoms with Gasteiger partial charge in [-0.25, -0.2) is 9.78 Å². The molecule has 29 heavy (non-hydrogen) atoms. The van der Waals surface area contributed by atoms with E-state index in [0.717, 1.165) is 5.56 Å². The van der Waals surface area contributed by atoms with E-state index in [1.54, 1.807) is 6.20 Å². The van der Waals surface area contributed by atoms with Crippen molar-refractivity contribution in [2.75, 3.05) is 6.54 Å². The van der Waals surface area contributed by atoms with E-state index in [9.17, 15) is 9.59 Å². The van der Waals surface area contributed by atoms with Gasteiger partial charge >= 0.3 is 6.09 Å². The minimum atomic E-state index is -0.566. The van der Waals surface area contributed by atoms with Crippen LogP contribution in [0.25, 0.3) is 11.3 Å². The number of nitrogens with one attached hydrogen (secondary N) is 2. The summed E-state index contributed by atoms with van der Waals surface area (Å²) in [4.78, 5) is 28.4. The molecule has 7 heteroatoms. The van der Waals surface area contributed by atoms with Crippen LogP contribution in [0.4, 0.5) is 4.79 Å². The van der Waals surface area contributed by atoms with Gasteiger partial charge in [0, 0.05) is 24.9 Å². The Morgan fingerprint density at radius 2 is 1.86 bits per heavy atom. The third kappa shape index (κ3) is 7.97. The van der Waals surface area contributed by atoms with Crippen LogP contribution in [-0.2, 0) is 16.0 Å². The van der Waals surface area contributed by atoms with Crippen LogP contribution in [-0.4, -0.2) is 35.2 Å². The molecule has 2 rings (SSSR count). The van der Waals surface area contributed by atoms with Gasteiger partial charge in [0.2, 0.25) is 5.91 Å². The number of aryl methyl sites for hydroxylation is 1. The Balaban J connectivity index is 1.79. The Labute approximate surface area is 172 Å². The maximum atomic E-state index is 12.2. The second-order valence-electron chi connectivity index (χ2n) is 8.29. The van der Waals surface area contributed by atoms with Crippen molar-refractivity contribution in [3.63, 3.8) is 0 Å². The van der Waals surface area contributed by atoms with Crippen LogP contribution < -0.4 is 10.6 Å². The van der Waals surface area contributed by atoms with E-state index in [1.165, 1.54) is 0 Å². The first-order chi connectivity index (χ1) is 13.6. The fourth-order valence-electron chi connectivity index (χ4n) is 2.61. The first-order valence-electron chi connectivity index (χ1n) is 9.90. The summed E-state index contributed by atoms with van der Waals surface area (Å²) in [7, 11) is 0. The van der Waals surface area contributed by atoms with Crippen molar-refractivity contribution in [3.05, 3.63) is 42.4 Å². The number of carbonyl (C=O) groups is 2. The minimum Gasteiger partial charge on any atom is -0.444 e. The third-order valence-corrected chi connectivity index (χ3v) is 4.20. The number of ether oxygens (including phenoxy) is 1. The van der Waals surface area contributed by atoms with Crippen molar-refractivity contribution in [2.45, 2.75) is 59.1 Å². The topological polar surface area (TPSA) is 93.5 Å².